The maximum absolute atomic E-state index is 12.9. The Hall–Kier alpha value is -2.82. The van der Waals surface area contributed by atoms with E-state index in [1.54, 1.807) is 41.3 Å². The lowest BCUT2D eigenvalue weighted by Gasteiger charge is -2.23. The van der Waals surface area contributed by atoms with Gasteiger partial charge in [0.05, 0.1) is 12.7 Å². The lowest BCUT2D eigenvalue weighted by Crippen LogP contribution is -2.34. The van der Waals surface area contributed by atoms with Crippen molar-refractivity contribution in [2.24, 2.45) is 0 Å². The molecule has 1 amide bonds. The molecule has 1 aliphatic heterocycles. The minimum Gasteiger partial charge on any atom is -0.497 e. The van der Waals surface area contributed by atoms with Gasteiger partial charge in [-0.25, -0.2) is 4.79 Å². The third kappa shape index (κ3) is 3.99. The van der Waals surface area contributed by atoms with Crippen molar-refractivity contribution in [3.63, 3.8) is 0 Å². The van der Waals surface area contributed by atoms with Crippen molar-refractivity contribution >= 4 is 11.9 Å². The molecule has 1 fully saturated rings. The highest BCUT2D eigenvalue weighted by Crippen LogP contribution is 2.25. The van der Waals surface area contributed by atoms with E-state index in [1.165, 1.54) is 7.11 Å². The molecule has 0 unspecified atom stereocenters. The van der Waals surface area contributed by atoms with E-state index in [2.05, 4.69) is 0 Å². The highest BCUT2D eigenvalue weighted by atomic mass is 16.5. The number of amides is 1. The topological polar surface area (TPSA) is 55.8 Å². The summed E-state index contributed by atoms with van der Waals surface area (Å²) in [5, 5.41) is 0. The maximum atomic E-state index is 12.9. The Balaban J connectivity index is 1.84. The summed E-state index contributed by atoms with van der Waals surface area (Å²) in [4.78, 5) is 27.2. The van der Waals surface area contributed by atoms with Crippen molar-refractivity contribution in [1.29, 1.82) is 0 Å². The standard InChI is InChI=1S/C20H21NO4/c1-24-17-11-7-10-16(14-17)20(23)25-18(15-8-3-2-4-9-15)19(22)21-12-5-6-13-21/h2-4,7-11,14,18H,5-6,12-13H2,1H3/t18-/m1/s1. The molecule has 0 saturated carbocycles. The van der Waals surface area contributed by atoms with Crippen molar-refractivity contribution in [3.8, 4) is 5.75 Å². The third-order valence-electron chi connectivity index (χ3n) is 4.27. The summed E-state index contributed by atoms with van der Waals surface area (Å²) in [7, 11) is 1.54. The van der Waals surface area contributed by atoms with Crippen LogP contribution >= 0.6 is 0 Å². The van der Waals surface area contributed by atoms with Crippen LogP contribution in [0.4, 0.5) is 0 Å². The monoisotopic (exact) mass is 339 g/mol. The van der Waals surface area contributed by atoms with Crippen LogP contribution in [0.1, 0.15) is 34.9 Å². The molecule has 2 aromatic rings. The number of carbonyl (C=O) groups excluding carboxylic acids is 2. The number of rotatable bonds is 5. The van der Waals surface area contributed by atoms with Gasteiger partial charge in [0, 0.05) is 18.7 Å². The zero-order chi connectivity index (χ0) is 17.6. The second-order valence-electron chi connectivity index (χ2n) is 5.96. The minimum atomic E-state index is -0.932. The first-order valence-electron chi connectivity index (χ1n) is 8.38. The number of methoxy groups -OCH3 is 1. The second-order valence-corrected chi connectivity index (χ2v) is 5.96. The fourth-order valence-corrected chi connectivity index (χ4v) is 2.92. The molecule has 1 saturated heterocycles. The Morgan fingerprint density at radius 2 is 1.72 bits per heavy atom. The van der Waals surface area contributed by atoms with E-state index in [1.807, 2.05) is 18.2 Å². The van der Waals surface area contributed by atoms with E-state index in [-0.39, 0.29) is 5.91 Å². The van der Waals surface area contributed by atoms with E-state index in [0.29, 0.717) is 30.0 Å². The number of hydrogen-bond donors (Lipinski definition) is 0. The molecule has 0 aliphatic carbocycles. The summed E-state index contributed by atoms with van der Waals surface area (Å²) >= 11 is 0. The number of nitrogens with zero attached hydrogens (tertiary/aromatic N) is 1. The number of carbonyl (C=O) groups is 2. The lowest BCUT2D eigenvalue weighted by molar-refractivity contribution is -0.140. The smallest absolute Gasteiger partial charge is 0.339 e. The van der Waals surface area contributed by atoms with Crippen LogP contribution in [-0.4, -0.2) is 37.0 Å². The maximum Gasteiger partial charge on any atom is 0.339 e. The quantitative estimate of drug-likeness (QED) is 0.785. The van der Waals surface area contributed by atoms with Gasteiger partial charge in [0.2, 0.25) is 6.10 Å². The average Bonchev–Trinajstić information content (AvgIpc) is 3.21. The Labute approximate surface area is 147 Å². The van der Waals surface area contributed by atoms with Gasteiger partial charge in [-0.05, 0) is 31.0 Å². The van der Waals surface area contributed by atoms with Crippen LogP contribution in [0.5, 0.6) is 5.75 Å². The summed E-state index contributed by atoms with van der Waals surface area (Å²) in [6, 6.07) is 15.9. The molecule has 1 atom stereocenters. The van der Waals surface area contributed by atoms with E-state index in [0.717, 1.165) is 12.8 Å². The highest BCUT2D eigenvalue weighted by Gasteiger charge is 2.31. The molecule has 25 heavy (non-hydrogen) atoms. The summed E-state index contributed by atoms with van der Waals surface area (Å²) in [5.41, 5.74) is 1.03. The first-order chi connectivity index (χ1) is 12.2. The largest absolute Gasteiger partial charge is 0.497 e. The van der Waals surface area contributed by atoms with Crippen molar-refractivity contribution in [3.05, 3.63) is 65.7 Å². The van der Waals surface area contributed by atoms with E-state index < -0.39 is 12.1 Å². The molecule has 5 nitrogen and oxygen atoms in total. The SMILES string of the molecule is COc1cccc(C(=O)O[C@@H](C(=O)N2CCCC2)c2ccccc2)c1. The molecule has 130 valence electrons. The first-order valence-corrected chi connectivity index (χ1v) is 8.38. The van der Waals surface area contributed by atoms with Crippen molar-refractivity contribution in [2.45, 2.75) is 18.9 Å². The molecule has 0 bridgehead atoms. The van der Waals surface area contributed by atoms with Crippen molar-refractivity contribution in [2.75, 3.05) is 20.2 Å². The summed E-state index contributed by atoms with van der Waals surface area (Å²) < 4.78 is 10.8. The Morgan fingerprint density at radius 1 is 1.00 bits per heavy atom. The molecular formula is C20H21NO4. The molecule has 1 aliphatic rings. The fourth-order valence-electron chi connectivity index (χ4n) is 2.92. The second kappa shape index (κ2) is 7.83. The normalized spacial score (nSPS) is 14.8. The van der Waals surface area contributed by atoms with Gasteiger partial charge in [0.1, 0.15) is 5.75 Å². The molecule has 0 aromatic heterocycles. The number of hydrogen-bond acceptors (Lipinski definition) is 4. The third-order valence-corrected chi connectivity index (χ3v) is 4.27. The zero-order valence-electron chi connectivity index (χ0n) is 14.2. The number of benzene rings is 2. The van der Waals surface area contributed by atoms with Crippen molar-refractivity contribution < 1.29 is 19.1 Å². The van der Waals surface area contributed by atoms with Gasteiger partial charge in [0.15, 0.2) is 0 Å². The molecule has 0 N–H and O–H groups in total. The molecular weight excluding hydrogens is 318 g/mol. The average molecular weight is 339 g/mol. The lowest BCUT2D eigenvalue weighted by atomic mass is 10.1. The molecule has 0 spiro atoms. The van der Waals surface area contributed by atoms with Crippen molar-refractivity contribution in [1.82, 2.24) is 4.90 Å². The van der Waals surface area contributed by atoms with Crippen LogP contribution in [-0.2, 0) is 9.53 Å². The highest BCUT2D eigenvalue weighted by molar-refractivity contribution is 5.93. The van der Waals surface area contributed by atoms with E-state index in [9.17, 15) is 9.59 Å². The van der Waals surface area contributed by atoms with Crippen LogP contribution in [0, 0.1) is 0 Å². The van der Waals surface area contributed by atoms with Crippen LogP contribution in [0.25, 0.3) is 0 Å². The van der Waals surface area contributed by atoms with Gasteiger partial charge in [-0.15, -0.1) is 0 Å². The molecule has 3 rings (SSSR count). The Kier molecular flexibility index (Phi) is 5.33. The number of likely N-dealkylation sites (tertiary alicyclic amines) is 1. The Morgan fingerprint density at radius 3 is 2.40 bits per heavy atom. The summed E-state index contributed by atoms with van der Waals surface area (Å²) in [5.74, 6) is -0.142. The molecule has 2 aromatic carbocycles. The summed E-state index contributed by atoms with van der Waals surface area (Å²) in [6.07, 6.45) is 1.03. The molecule has 0 radical (unpaired) electrons. The van der Waals surface area contributed by atoms with Gasteiger partial charge >= 0.3 is 5.97 Å². The predicted octanol–water partition coefficient (Wildman–Crippen LogP) is 3.22. The first kappa shape index (κ1) is 17.0. The number of esters is 1. The van der Waals surface area contributed by atoms with E-state index in [4.69, 9.17) is 9.47 Å². The van der Waals surface area contributed by atoms with Gasteiger partial charge in [-0.3, -0.25) is 4.79 Å². The predicted molar refractivity (Wildman–Crippen MR) is 93.4 cm³/mol. The van der Waals surface area contributed by atoms with Gasteiger partial charge in [-0.1, -0.05) is 36.4 Å². The summed E-state index contributed by atoms with van der Waals surface area (Å²) in [6.45, 7) is 1.41. The molecule has 1 heterocycles. The van der Waals surface area contributed by atoms with Crippen LogP contribution in [0.3, 0.4) is 0 Å². The van der Waals surface area contributed by atoms with Gasteiger partial charge in [-0.2, -0.15) is 0 Å². The Bertz CT molecular complexity index is 738. The van der Waals surface area contributed by atoms with E-state index >= 15 is 0 Å². The number of ether oxygens (including phenoxy) is 2. The molecule has 5 heteroatoms. The van der Waals surface area contributed by atoms with Crippen LogP contribution in [0.15, 0.2) is 54.6 Å². The minimum absolute atomic E-state index is 0.167. The van der Waals surface area contributed by atoms with Crippen LogP contribution < -0.4 is 4.74 Å². The van der Waals surface area contributed by atoms with Crippen LogP contribution in [0.2, 0.25) is 0 Å². The zero-order valence-corrected chi connectivity index (χ0v) is 14.2. The fraction of sp³-hybridized carbons (Fsp3) is 0.300. The van der Waals surface area contributed by atoms with Gasteiger partial charge in [0.25, 0.3) is 5.91 Å². The van der Waals surface area contributed by atoms with Gasteiger partial charge < -0.3 is 14.4 Å².